The highest BCUT2D eigenvalue weighted by molar-refractivity contribution is 6.74. The molecule has 3 aliphatic rings. The second-order valence-electron chi connectivity index (χ2n) is 10.5. The standard InChI is InChI=1S/C21H34O4Si/c1-13-15-14(16(22)20(6,24)21(13)9-10-21)11-19(5,17(15)23)12-25-26(7,8)18(2,3)4/h11,17,23-24H,9-10,12H2,1-8H3/t17-,19+,20+/m1/s1. The summed E-state index contributed by atoms with van der Waals surface area (Å²) in [5.41, 5.74) is -0.287. The average Bonchev–Trinajstić information content (AvgIpc) is 3.26. The normalized spacial score (nSPS) is 36.5. The van der Waals surface area contributed by atoms with Crippen LogP contribution in [-0.2, 0) is 9.22 Å². The van der Waals surface area contributed by atoms with Crippen molar-refractivity contribution in [2.45, 2.75) is 84.2 Å². The second-order valence-corrected chi connectivity index (χ2v) is 15.3. The first-order chi connectivity index (χ1) is 11.6. The van der Waals surface area contributed by atoms with Crippen molar-refractivity contribution in [3.05, 3.63) is 22.8 Å². The summed E-state index contributed by atoms with van der Waals surface area (Å²) < 4.78 is 6.39. The number of rotatable bonds is 3. The van der Waals surface area contributed by atoms with Crippen LogP contribution in [0.5, 0.6) is 0 Å². The summed E-state index contributed by atoms with van der Waals surface area (Å²) >= 11 is 0. The minimum atomic E-state index is -1.97. The van der Waals surface area contributed by atoms with Gasteiger partial charge in [-0.15, -0.1) is 0 Å². The molecule has 146 valence electrons. The van der Waals surface area contributed by atoms with E-state index in [1.807, 2.05) is 19.9 Å². The van der Waals surface area contributed by atoms with Crippen molar-refractivity contribution in [1.29, 1.82) is 0 Å². The van der Waals surface area contributed by atoms with E-state index in [9.17, 15) is 15.0 Å². The van der Waals surface area contributed by atoms with E-state index in [2.05, 4.69) is 33.9 Å². The van der Waals surface area contributed by atoms with Crippen LogP contribution in [-0.4, -0.2) is 42.6 Å². The molecule has 2 N–H and O–H groups in total. The Labute approximate surface area is 158 Å². The van der Waals surface area contributed by atoms with Crippen LogP contribution in [0.2, 0.25) is 18.1 Å². The Kier molecular flexibility index (Phi) is 4.15. The van der Waals surface area contributed by atoms with Crippen molar-refractivity contribution in [1.82, 2.24) is 0 Å². The van der Waals surface area contributed by atoms with Crippen molar-refractivity contribution in [3.8, 4) is 0 Å². The molecule has 5 heteroatoms. The van der Waals surface area contributed by atoms with E-state index >= 15 is 0 Å². The van der Waals surface area contributed by atoms with E-state index < -0.39 is 30.9 Å². The monoisotopic (exact) mass is 378 g/mol. The van der Waals surface area contributed by atoms with Gasteiger partial charge in [0.1, 0.15) is 5.60 Å². The molecule has 1 fully saturated rings. The van der Waals surface area contributed by atoms with Crippen molar-refractivity contribution in [3.63, 3.8) is 0 Å². The Hall–Kier alpha value is -0.753. The maximum atomic E-state index is 13.0. The number of aliphatic hydroxyl groups is 2. The number of ketones is 1. The average molecular weight is 379 g/mol. The van der Waals surface area contributed by atoms with Gasteiger partial charge in [-0.3, -0.25) is 4.79 Å². The predicted molar refractivity (Wildman–Crippen MR) is 105 cm³/mol. The molecule has 0 amide bonds. The lowest BCUT2D eigenvalue weighted by Crippen LogP contribution is -2.50. The fourth-order valence-corrected chi connectivity index (χ4v) is 5.43. The zero-order valence-corrected chi connectivity index (χ0v) is 18.5. The molecule has 4 nitrogen and oxygen atoms in total. The first-order valence-corrected chi connectivity index (χ1v) is 12.6. The number of carbonyl (C=O) groups is 1. The molecule has 0 heterocycles. The molecule has 0 aliphatic heterocycles. The molecular weight excluding hydrogens is 344 g/mol. The number of carbonyl (C=O) groups excluding carboxylic acids is 1. The number of hydrogen-bond donors (Lipinski definition) is 2. The van der Waals surface area contributed by atoms with E-state index in [-0.39, 0.29) is 10.8 Å². The number of hydrogen-bond acceptors (Lipinski definition) is 4. The Bertz CT molecular complexity index is 719. The van der Waals surface area contributed by atoms with Gasteiger partial charge in [0.15, 0.2) is 14.1 Å². The van der Waals surface area contributed by atoms with Crippen LogP contribution >= 0.6 is 0 Å². The minimum Gasteiger partial charge on any atom is -0.416 e. The SMILES string of the molecule is CC1=C2C(=C[C@@](C)(CO[Si](C)(C)C(C)(C)C)[C@@H]2O)C(=O)[C@](C)(O)C12CC2. The zero-order chi connectivity index (χ0) is 19.9. The van der Waals surface area contributed by atoms with Crippen molar-refractivity contribution >= 4 is 14.1 Å². The van der Waals surface area contributed by atoms with Gasteiger partial charge in [-0.25, -0.2) is 0 Å². The summed E-state index contributed by atoms with van der Waals surface area (Å²) in [5, 5.41) is 22.2. The largest absolute Gasteiger partial charge is 0.416 e. The van der Waals surface area contributed by atoms with Gasteiger partial charge in [-0.1, -0.05) is 39.3 Å². The zero-order valence-electron chi connectivity index (χ0n) is 17.5. The van der Waals surface area contributed by atoms with E-state index in [0.29, 0.717) is 12.2 Å². The van der Waals surface area contributed by atoms with Gasteiger partial charge in [0, 0.05) is 23.0 Å². The van der Waals surface area contributed by atoms with Gasteiger partial charge in [-0.2, -0.15) is 0 Å². The third kappa shape index (κ3) is 2.47. The van der Waals surface area contributed by atoms with E-state index in [4.69, 9.17) is 4.43 Å². The van der Waals surface area contributed by atoms with Gasteiger partial charge < -0.3 is 14.6 Å². The van der Waals surface area contributed by atoms with Gasteiger partial charge in [0.25, 0.3) is 0 Å². The quantitative estimate of drug-likeness (QED) is 0.734. The van der Waals surface area contributed by atoms with Crippen LogP contribution in [0.1, 0.15) is 54.4 Å². The Morgan fingerprint density at radius 1 is 1.27 bits per heavy atom. The van der Waals surface area contributed by atoms with Crippen LogP contribution < -0.4 is 0 Å². The molecule has 3 aliphatic carbocycles. The molecule has 1 spiro atoms. The second kappa shape index (κ2) is 5.40. The molecule has 0 unspecified atom stereocenters. The molecule has 0 aromatic heterocycles. The fraction of sp³-hybridized carbons (Fsp3) is 0.762. The summed E-state index contributed by atoms with van der Waals surface area (Å²) in [6.07, 6.45) is 2.70. The first-order valence-electron chi connectivity index (χ1n) is 9.64. The molecule has 3 atom stereocenters. The Morgan fingerprint density at radius 3 is 2.27 bits per heavy atom. The summed E-state index contributed by atoms with van der Waals surface area (Å²) in [7, 11) is -1.97. The molecule has 26 heavy (non-hydrogen) atoms. The van der Waals surface area contributed by atoms with Gasteiger partial charge in [0.2, 0.25) is 0 Å². The lowest BCUT2D eigenvalue weighted by atomic mass is 9.67. The maximum Gasteiger partial charge on any atom is 0.195 e. The molecule has 0 radical (unpaired) electrons. The van der Waals surface area contributed by atoms with Crippen LogP contribution in [0.3, 0.4) is 0 Å². The summed E-state index contributed by atoms with van der Waals surface area (Å²) in [6.45, 7) is 16.9. The van der Waals surface area contributed by atoms with Crippen LogP contribution in [0.4, 0.5) is 0 Å². The van der Waals surface area contributed by atoms with Gasteiger partial charge in [0.05, 0.1) is 6.10 Å². The van der Waals surface area contributed by atoms with E-state index in [1.165, 1.54) is 0 Å². The molecule has 3 rings (SSSR count). The van der Waals surface area contributed by atoms with Crippen molar-refractivity contribution < 1.29 is 19.4 Å². The summed E-state index contributed by atoms with van der Waals surface area (Å²) in [4.78, 5) is 13.0. The highest BCUT2D eigenvalue weighted by atomic mass is 28.4. The topological polar surface area (TPSA) is 66.8 Å². The molecular formula is C21H34O4Si. The third-order valence-corrected chi connectivity index (χ3v) is 12.2. The van der Waals surface area contributed by atoms with Gasteiger partial charge >= 0.3 is 0 Å². The van der Waals surface area contributed by atoms with Crippen molar-refractivity contribution in [2.75, 3.05) is 6.61 Å². The lowest BCUT2D eigenvalue weighted by molar-refractivity contribution is -0.138. The molecule has 1 saturated carbocycles. The highest BCUT2D eigenvalue weighted by Gasteiger charge is 2.66. The maximum absolute atomic E-state index is 13.0. The smallest absolute Gasteiger partial charge is 0.195 e. The highest BCUT2D eigenvalue weighted by Crippen LogP contribution is 2.65. The number of Topliss-reactive ketones (excluding diaryl/α,β-unsaturated/α-hetero) is 1. The molecule has 0 saturated heterocycles. The number of aliphatic hydroxyl groups excluding tert-OH is 1. The predicted octanol–water partition coefficient (Wildman–Crippen LogP) is 3.75. The van der Waals surface area contributed by atoms with Crippen LogP contribution in [0.15, 0.2) is 22.8 Å². The molecule has 0 aromatic rings. The van der Waals surface area contributed by atoms with E-state index in [1.54, 1.807) is 6.92 Å². The minimum absolute atomic E-state index is 0.0829. The summed E-state index contributed by atoms with van der Waals surface area (Å²) in [5.74, 6) is -0.245. The van der Waals surface area contributed by atoms with Crippen LogP contribution in [0.25, 0.3) is 0 Å². The first kappa shape index (κ1) is 20.0. The fourth-order valence-electron chi connectivity index (χ4n) is 4.32. The lowest BCUT2D eigenvalue weighted by Gasteiger charge is -2.41. The number of fused-ring (bicyclic) bond motifs is 1. The van der Waals surface area contributed by atoms with E-state index in [0.717, 1.165) is 24.0 Å². The van der Waals surface area contributed by atoms with Crippen molar-refractivity contribution in [2.24, 2.45) is 10.8 Å². The summed E-state index contributed by atoms with van der Waals surface area (Å²) in [6, 6.07) is 0. The third-order valence-electron chi connectivity index (χ3n) is 7.70. The van der Waals surface area contributed by atoms with Gasteiger partial charge in [-0.05, 0) is 50.4 Å². The van der Waals surface area contributed by atoms with Crippen LogP contribution in [0, 0.1) is 10.8 Å². The molecule has 0 bridgehead atoms. The molecule has 0 aromatic carbocycles. The Morgan fingerprint density at radius 2 is 1.81 bits per heavy atom. The Balaban J connectivity index is 1.97.